The predicted molar refractivity (Wildman–Crippen MR) is 137 cm³/mol. The van der Waals surface area contributed by atoms with Crippen LogP contribution in [0.4, 0.5) is 0 Å². The Morgan fingerprint density at radius 2 is 1.28 bits per heavy atom. The van der Waals surface area contributed by atoms with Crippen molar-refractivity contribution in [2.24, 2.45) is 0 Å². The summed E-state index contributed by atoms with van der Waals surface area (Å²) in [6.45, 7) is 3.80. The second-order valence-electron chi connectivity index (χ2n) is 9.60. The summed E-state index contributed by atoms with van der Waals surface area (Å²) in [5, 5.41) is 0. The summed E-state index contributed by atoms with van der Waals surface area (Å²) in [5.41, 5.74) is 2.80. The van der Waals surface area contributed by atoms with Crippen LogP contribution in [0.1, 0.15) is 30.5 Å². The molecule has 188 valence electrons. The third-order valence-electron chi connectivity index (χ3n) is 6.48. The van der Waals surface area contributed by atoms with Gasteiger partial charge in [-0.05, 0) is 42.2 Å². The van der Waals surface area contributed by atoms with Crippen LogP contribution in [0.15, 0.2) is 103 Å². The van der Waals surface area contributed by atoms with E-state index in [0.717, 1.165) is 28.5 Å². The molecule has 1 aliphatic heterocycles. The van der Waals surface area contributed by atoms with Gasteiger partial charge in [0.05, 0.1) is 12.9 Å². The van der Waals surface area contributed by atoms with E-state index in [0.29, 0.717) is 0 Å². The van der Waals surface area contributed by atoms with E-state index in [1.165, 1.54) is 0 Å². The first-order chi connectivity index (χ1) is 17.2. The van der Waals surface area contributed by atoms with E-state index in [9.17, 15) is 8.42 Å². The Bertz CT molecular complexity index is 1220. The highest BCUT2D eigenvalue weighted by molar-refractivity contribution is 7.86. The maximum Gasteiger partial charge on any atom is 0.265 e. The van der Waals surface area contributed by atoms with Gasteiger partial charge in [-0.25, -0.2) is 0 Å². The lowest BCUT2D eigenvalue weighted by molar-refractivity contribution is -0.152. The Kier molecular flexibility index (Phi) is 6.61. The minimum Gasteiger partial charge on any atom is -0.356 e. The monoisotopic (exact) mass is 506 g/mol. The number of hydrogen-bond acceptors (Lipinski definition) is 6. The Balaban J connectivity index is 1.57. The predicted octanol–water partition coefficient (Wildman–Crippen LogP) is 4.80. The molecular weight excluding hydrogens is 476 g/mol. The second kappa shape index (κ2) is 9.57. The van der Waals surface area contributed by atoms with Crippen LogP contribution in [-0.4, -0.2) is 45.4 Å². The van der Waals surface area contributed by atoms with Gasteiger partial charge in [-0.3, -0.25) is 4.18 Å². The van der Waals surface area contributed by atoms with Crippen molar-refractivity contribution in [3.8, 4) is 0 Å². The van der Waals surface area contributed by atoms with E-state index in [1.54, 1.807) is 6.08 Å². The first-order valence-electron chi connectivity index (χ1n) is 11.9. The van der Waals surface area contributed by atoms with E-state index in [2.05, 4.69) is 36.4 Å². The topological polar surface area (TPSA) is 71.1 Å². The molecule has 1 saturated heterocycles. The summed E-state index contributed by atoms with van der Waals surface area (Å²) < 4.78 is 48.3. The fourth-order valence-electron chi connectivity index (χ4n) is 5.09. The van der Waals surface area contributed by atoms with Crippen molar-refractivity contribution in [1.29, 1.82) is 0 Å². The van der Waals surface area contributed by atoms with Crippen molar-refractivity contribution in [1.82, 2.24) is 0 Å². The fourth-order valence-corrected chi connectivity index (χ4v) is 5.66. The van der Waals surface area contributed by atoms with Crippen LogP contribution in [0.2, 0.25) is 0 Å². The lowest BCUT2D eigenvalue weighted by atomic mass is 9.80. The molecular formula is C29H30O6S. The Morgan fingerprint density at radius 1 is 0.806 bits per heavy atom. The highest BCUT2D eigenvalue weighted by Gasteiger charge is 2.52. The van der Waals surface area contributed by atoms with Crippen molar-refractivity contribution in [2.45, 2.75) is 43.5 Å². The maximum absolute atomic E-state index is 11.9. The van der Waals surface area contributed by atoms with Gasteiger partial charge in [0, 0.05) is 0 Å². The van der Waals surface area contributed by atoms with Crippen LogP contribution in [0.5, 0.6) is 0 Å². The molecule has 3 aromatic rings. The van der Waals surface area contributed by atoms with Gasteiger partial charge in [0.25, 0.3) is 10.1 Å². The van der Waals surface area contributed by atoms with Gasteiger partial charge >= 0.3 is 0 Å². The van der Waals surface area contributed by atoms with Crippen LogP contribution >= 0.6 is 0 Å². The minimum atomic E-state index is -3.70. The van der Waals surface area contributed by atoms with Gasteiger partial charge < -0.3 is 14.2 Å². The van der Waals surface area contributed by atoms with Crippen LogP contribution in [0.25, 0.3) is 0 Å². The van der Waals surface area contributed by atoms with Crippen LogP contribution in [0, 0.1) is 0 Å². The summed E-state index contributed by atoms with van der Waals surface area (Å²) in [6.07, 6.45) is 0.957. The van der Waals surface area contributed by atoms with Gasteiger partial charge in [-0.2, -0.15) is 8.42 Å². The summed E-state index contributed by atoms with van der Waals surface area (Å²) in [7, 11) is -3.70. The van der Waals surface area contributed by atoms with E-state index in [1.807, 2.05) is 68.4 Å². The molecule has 0 saturated carbocycles. The van der Waals surface area contributed by atoms with Gasteiger partial charge in [0.1, 0.15) is 23.9 Å². The molecule has 0 N–H and O–H groups in total. The molecule has 7 heteroatoms. The van der Waals surface area contributed by atoms with E-state index in [4.69, 9.17) is 18.4 Å². The number of rotatable bonds is 8. The molecule has 1 heterocycles. The number of ether oxygens (including phenoxy) is 3. The van der Waals surface area contributed by atoms with Gasteiger partial charge in [0.15, 0.2) is 5.79 Å². The Hall–Kier alpha value is -2.81. The molecule has 2 aliphatic rings. The standard InChI is InChI=1S/C29H30O6S/c1-28(2)33-26-21(19-25(27(26)34-28)35-36(3,30)31)20-32-29(22-13-7-4-8-14-22,23-15-9-5-10-16-23)24-17-11-6-12-18-24/h4-19,25-27H,20H2,1-3H3/t25-,26+,27?/m1/s1. The molecule has 1 aliphatic carbocycles. The summed E-state index contributed by atoms with van der Waals surface area (Å²) in [4.78, 5) is 0. The molecule has 36 heavy (non-hydrogen) atoms. The number of fused-ring (bicyclic) bond motifs is 1. The fraction of sp³-hybridized carbons (Fsp3) is 0.310. The zero-order valence-corrected chi connectivity index (χ0v) is 21.4. The van der Waals surface area contributed by atoms with Crippen molar-refractivity contribution < 1.29 is 26.8 Å². The molecule has 0 spiro atoms. The quantitative estimate of drug-likeness (QED) is 0.248. The van der Waals surface area contributed by atoms with E-state index >= 15 is 0 Å². The molecule has 6 nitrogen and oxygen atoms in total. The Morgan fingerprint density at radius 3 is 1.72 bits per heavy atom. The molecule has 5 rings (SSSR count). The van der Waals surface area contributed by atoms with Crippen molar-refractivity contribution >= 4 is 10.1 Å². The van der Waals surface area contributed by atoms with E-state index < -0.39 is 39.8 Å². The van der Waals surface area contributed by atoms with Gasteiger partial charge in [-0.1, -0.05) is 91.0 Å². The van der Waals surface area contributed by atoms with Gasteiger partial charge in [0.2, 0.25) is 0 Å². The first kappa shape index (κ1) is 24.9. The molecule has 0 aromatic heterocycles. The van der Waals surface area contributed by atoms with Crippen LogP contribution in [-0.2, 0) is 34.1 Å². The number of benzene rings is 3. The van der Waals surface area contributed by atoms with Gasteiger partial charge in [-0.15, -0.1) is 0 Å². The summed E-state index contributed by atoms with van der Waals surface area (Å²) >= 11 is 0. The molecule has 0 radical (unpaired) electrons. The second-order valence-corrected chi connectivity index (χ2v) is 11.2. The van der Waals surface area contributed by atoms with Crippen LogP contribution in [0.3, 0.4) is 0 Å². The molecule has 1 fully saturated rings. The average molecular weight is 507 g/mol. The lowest BCUT2D eigenvalue weighted by Gasteiger charge is -2.36. The minimum absolute atomic E-state index is 0.183. The first-order valence-corrected chi connectivity index (χ1v) is 13.7. The largest absolute Gasteiger partial charge is 0.356 e. The van der Waals surface area contributed by atoms with Crippen molar-refractivity contribution in [2.75, 3.05) is 12.9 Å². The molecule has 3 aromatic carbocycles. The normalized spacial score (nSPS) is 23.3. The average Bonchev–Trinajstić information content (AvgIpc) is 3.34. The summed E-state index contributed by atoms with van der Waals surface area (Å²) in [6, 6.07) is 30.2. The molecule has 1 unspecified atom stereocenters. The van der Waals surface area contributed by atoms with Crippen molar-refractivity contribution in [3.63, 3.8) is 0 Å². The SMILES string of the molecule is CC1(C)OC2[C@H](OS(C)(=O)=O)C=C(COC(c3ccccc3)(c3ccccc3)c3ccccc3)[C@@H]2O1. The highest BCUT2D eigenvalue weighted by Crippen LogP contribution is 2.44. The third-order valence-corrected chi connectivity index (χ3v) is 7.05. The lowest BCUT2D eigenvalue weighted by Crippen LogP contribution is -2.35. The number of hydrogen-bond donors (Lipinski definition) is 0. The zero-order valence-electron chi connectivity index (χ0n) is 20.5. The highest BCUT2D eigenvalue weighted by atomic mass is 32.2. The van der Waals surface area contributed by atoms with E-state index in [-0.39, 0.29) is 6.61 Å². The zero-order chi connectivity index (χ0) is 25.4. The maximum atomic E-state index is 11.9. The van der Waals surface area contributed by atoms with Crippen molar-refractivity contribution in [3.05, 3.63) is 119 Å². The van der Waals surface area contributed by atoms with Crippen LogP contribution < -0.4 is 0 Å². The molecule has 3 atom stereocenters. The Labute approximate surface area is 212 Å². The smallest absolute Gasteiger partial charge is 0.265 e. The summed E-state index contributed by atoms with van der Waals surface area (Å²) in [5.74, 6) is -0.872. The third kappa shape index (κ3) is 4.90. The molecule has 0 bridgehead atoms. The molecule has 0 amide bonds.